The fourth-order valence-electron chi connectivity index (χ4n) is 1.82. The zero-order chi connectivity index (χ0) is 16.8. The molecule has 0 aliphatic rings. The van der Waals surface area contributed by atoms with Crippen LogP contribution in [0.5, 0.6) is 0 Å². The maximum absolute atomic E-state index is 11.8. The lowest BCUT2D eigenvalue weighted by Gasteiger charge is -2.08. The minimum Gasteiger partial charge on any atom is -0.376 e. The normalized spacial score (nSPS) is 10.8. The standard InChI is InChI=1S/C16H14Cl2IN3O/c1-10-6-13(19)4-5-15(10)20-9-16(23)22-21-8-11-2-3-12(17)7-14(11)18/h2-8,20H,9H2,1H3,(H,22,23)/b21-8+. The zero-order valence-corrected chi connectivity index (χ0v) is 15.9. The van der Waals surface area contributed by atoms with E-state index in [1.807, 2.05) is 25.1 Å². The number of nitrogens with zero attached hydrogens (tertiary/aromatic N) is 1. The maximum Gasteiger partial charge on any atom is 0.259 e. The molecule has 0 aliphatic heterocycles. The lowest BCUT2D eigenvalue weighted by atomic mass is 10.2. The van der Waals surface area contributed by atoms with Crippen LogP contribution >= 0.6 is 45.8 Å². The van der Waals surface area contributed by atoms with Crippen molar-refractivity contribution in [2.75, 3.05) is 11.9 Å². The highest BCUT2D eigenvalue weighted by Crippen LogP contribution is 2.19. The summed E-state index contributed by atoms with van der Waals surface area (Å²) >= 11 is 14.1. The molecule has 0 heterocycles. The SMILES string of the molecule is Cc1cc(I)ccc1NCC(=O)N/N=C/c1ccc(Cl)cc1Cl. The molecule has 2 N–H and O–H groups in total. The third-order valence-electron chi connectivity index (χ3n) is 2.98. The van der Waals surface area contributed by atoms with Crippen LogP contribution in [0.4, 0.5) is 5.69 Å². The summed E-state index contributed by atoms with van der Waals surface area (Å²) in [5.41, 5.74) is 5.13. The quantitative estimate of drug-likeness (QED) is 0.392. The summed E-state index contributed by atoms with van der Waals surface area (Å²) < 4.78 is 1.15. The summed E-state index contributed by atoms with van der Waals surface area (Å²) in [7, 11) is 0. The Hall–Kier alpha value is -1.31. The van der Waals surface area contributed by atoms with Crippen LogP contribution in [0.2, 0.25) is 10.0 Å². The van der Waals surface area contributed by atoms with Gasteiger partial charge in [0.05, 0.1) is 17.8 Å². The number of carbonyl (C=O) groups is 1. The van der Waals surface area contributed by atoms with Gasteiger partial charge in [0.15, 0.2) is 0 Å². The van der Waals surface area contributed by atoms with Gasteiger partial charge in [-0.3, -0.25) is 4.79 Å². The first-order chi connectivity index (χ1) is 11.0. The van der Waals surface area contributed by atoms with Crippen molar-refractivity contribution in [1.29, 1.82) is 0 Å². The number of aryl methyl sites for hydroxylation is 1. The number of anilines is 1. The number of rotatable bonds is 5. The van der Waals surface area contributed by atoms with E-state index >= 15 is 0 Å². The molecular formula is C16H14Cl2IN3O. The number of hydrogen-bond acceptors (Lipinski definition) is 3. The number of halogens is 3. The second kappa shape index (κ2) is 8.52. The molecule has 0 unspecified atom stereocenters. The highest BCUT2D eigenvalue weighted by Gasteiger charge is 2.03. The van der Waals surface area contributed by atoms with Gasteiger partial charge in [0, 0.05) is 19.8 Å². The number of carbonyl (C=O) groups excluding carboxylic acids is 1. The largest absolute Gasteiger partial charge is 0.376 e. The zero-order valence-electron chi connectivity index (χ0n) is 12.2. The lowest BCUT2D eigenvalue weighted by Crippen LogP contribution is -2.26. The van der Waals surface area contributed by atoms with Crippen LogP contribution < -0.4 is 10.7 Å². The molecule has 1 amide bonds. The predicted molar refractivity (Wildman–Crippen MR) is 105 cm³/mol. The Morgan fingerprint density at radius 3 is 2.74 bits per heavy atom. The minimum atomic E-state index is -0.246. The van der Waals surface area contributed by atoms with Gasteiger partial charge < -0.3 is 5.32 Å². The van der Waals surface area contributed by atoms with Gasteiger partial charge in [-0.2, -0.15) is 5.10 Å². The summed E-state index contributed by atoms with van der Waals surface area (Å²) in [5, 5.41) is 7.99. The number of amides is 1. The Labute approximate surface area is 158 Å². The highest BCUT2D eigenvalue weighted by atomic mass is 127. The van der Waals surface area contributed by atoms with Gasteiger partial charge in [-0.15, -0.1) is 0 Å². The van der Waals surface area contributed by atoms with Crippen LogP contribution in [0.15, 0.2) is 41.5 Å². The van der Waals surface area contributed by atoms with E-state index in [0.717, 1.165) is 14.8 Å². The summed E-state index contributed by atoms with van der Waals surface area (Å²) in [5.74, 6) is -0.246. The van der Waals surface area contributed by atoms with Crippen molar-refractivity contribution >= 4 is 63.6 Å². The average Bonchev–Trinajstić information content (AvgIpc) is 2.48. The molecule has 23 heavy (non-hydrogen) atoms. The van der Waals surface area contributed by atoms with Crippen LogP contribution in [0.3, 0.4) is 0 Å². The maximum atomic E-state index is 11.8. The third kappa shape index (κ3) is 5.67. The van der Waals surface area contributed by atoms with Crippen molar-refractivity contribution in [3.63, 3.8) is 0 Å². The molecule has 0 spiro atoms. The van der Waals surface area contributed by atoms with E-state index in [1.54, 1.807) is 18.2 Å². The third-order valence-corrected chi connectivity index (χ3v) is 4.22. The summed E-state index contributed by atoms with van der Waals surface area (Å²) in [6.07, 6.45) is 1.48. The molecule has 2 aromatic rings. The molecule has 0 atom stereocenters. The Morgan fingerprint density at radius 2 is 2.04 bits per heavy atom. The molecule has 0 fully saturated rings. The second-order valence-corrected chi connectivity index (χ2v) is 6.86. The number of hydrogen-bond donors (Lipinski definition) is 2. The molecule has 0 aliphatic carbocycles. The van der Waals surface area contributed by atoms with Crippen molar-refractivity contribution in [3.05, 3.63) is 61.1 Å². The Bertz CT molecular complexity index is 750. The van der Waals surface area contributed by atoms with Crippen LogP contribution in [0.25, 0.3) is 0 Å². The summed E-state index contributed by atoms with van der Waals surface area (Å²) in [6, 6.07) is 11.0. The molecule has 0 saturated heterocycles. The molecule has 4 nitrogen and oxygen atoms in total. The van der Waals surface area contributed by atoms with Crippen molar-refractivity contribution in [1.82, 2.24) is 5.43 Å². The minimum absolute atomic E-state index is 0.132. The smallest absolute Gasteiger partial charge is 0.259 e. The van der Waals surface area contributed by atoms with Gasteiger partial charge in [0.1, 0.15) is 0 Å². The van der Waals surface area contributed by atoms with Gasteiger partial charge in [0.25, 0.3) is 5.91 Å². The molecule has 2 rings (SSSR count). The Balaban J connectivity index is 1.86. The van der Waals surface area contributed by atoms with Gasteiger partial charge in [0.2, 0.25) is 0 Å². The monoisotopic (exact) mass is 461 g/mol. The fourth-order valence-corrected chi connectivity index (χ4v) is 2.92. The van der Waals surface area contributed by atoms with E-state index in [4.69, 9.17) is 23.2 Å². The Morgan fingerprint density at radius 1 is 1.26 bits per heavy atom. The summed E-state index contributed by atoms with van der Waals surface area (Å²) in [4.78, 5) is 11.8. The predicted octanol–water partition coefficient (Wildman–Crippen LogP) is 4.47. The van der Waals surface area contributed by atoms with Crippen molar-refractivity contribution in [3.8, 4) is 0 Å². The number of benzene rings is 2. The van der Waals surface area contributed by atoms with Crippen molar-refractivity contribution in [2.24, 2.45) is 5.10 Å². The van der Waals surface area contributed by atoms with Gasteiger partial charge >= 0.3 is 0 Å². The first-order valence-corrected chi connectivity index (χ1v) is 8.56. The number of hydrazone groups is 1. The highest BCUT2D eigenvalue weighted by molar-refractivity contribution is 14.1. The van der Waals surface area contributed by atoms with E-state index in [0.29, 0.717) is 15.6 Å². The molecule has 120 valence electrons. The van der Waals surface area contributed by atoms with Crippen LogP contribution in [-0.2, 0) is 4.79 Å². The average molecular weight is 462 g/mol. The van der Waals surface area contributed by atoms with E-state index < -0.39 is 0 Å². The summed E-state index contributed by atoms with van der Waals surface area (Å²) in [6.45, 7) is 2.12. The molecule has 0 bridgehead atoms. The van der Waals surface area contributed by atoms with E-state index in [2.05, 4.69) is 38.4 Å². The van der Waals surface area contributed by atoms with Crippen LogP contribution in [0.1, 0.15) is 11.1 Å². The van der Waals surface area contributed by atoms with Gasteiger partial charge in [-0.25, -0.2) is 5.43 Å². The first kappa shape index (κ1) is 18.0. The first-order valence-electron chi connectivity index (χ1n) is 6.72. The van der Waals surface area contributed by atoms with Crippen LogP contribution in [-0.4, -0.2) is 18.7 Å². The molecule has 7 heteroatoms. The molecule has 0 aromatic heterocycles. The van der Waals surface area contributed by atoms with Crippen molar-refractivity contribution in [2.45, 2.75) is 6.92 Å². The van der Waals surface area contributed by atoms with E-state index in [1.165, 1.54) is 6.21 Å². The van der Waals surface area contributed by atoms with Gasteiger partial charge in [-0.1, -0.05) is 29.3 Å². The second-order valence-electron chi connectivity index (χ2n) is 4.77. The molecular weight excluding hydrogens is 448 g/mol. The van der Waals surface area contributed by atoms with E-state index in [9.17, 15) is 4.79 Å². The molecule has 2 aromatic carbocycles. The number of nitrogens with one attached hydrogen (secondary N) is 2. The molecule has 0 saturated carbocycles. The Kier molecular flexibility index (Phi) is 6.68. The van der Waals surface area contributed by atoms with Crippen LogP contribution in [0, 0.1) is 10.5 Å². The molecule has 0 radical (unpaired) electrons. The van der Waals surface area contributed by atoms with Gasteiger partial charge in [-0.05, 0) is 65.4 Å². The topological polar surface area (TPSA) is 53.5 Å². The van der Waals surface area contributed by atoms with E-state index in [-0.39, 0.29) is 12.5 Å². The van der Waals surface area contributed by atoms with Crippen molar-refractivity contribution < 1.29 is 4.79 Å². The fraction of sp³-hybridized carbons (Fsp3) is 0.125. The lowest BCUT2D eigenvalue weighted by molar-refractivity contribution is -0.119.